The van der Waals surface area contributed by atoms with Crippen molar-refractivity contribution >= 4 is 32.6 Å². The Balaban J connectivity index is 1.57. The zero-order chi connectivity index (χ0) is 23.6. The van der Waals surface area contributed by atoms with Crippen LogP contribution in [0.15, 0.2) is 115 Å². The van der Waals surface area contributed by atoms with E-state index in [2.05, 4.69) is 10.3 Å². The van der Waals surface area contributed by atoms with Crippen LogP contribution in [0.2, 0.25) is 0 Å². The lowest BCUT2D eigenvalue weighted by molar-refractivity contribution is 0.102. The maximum atomic E-state index is 13.9. The Morgan fingerprint density at radius 3 is 2.00 bits per heavy atom. The third-order valence-electron chi connectivity index (χ3n) is 5.72. The van der Waals surface area contributed by atoms with Crippen molar-refractivity contribution in [3.63, 3.8) is 0 Å². The average molecular weight is 473 g/mol. The molecule has 1 N–H and O–H groups in total. The van der Waals surface area contributed by atoms with Crippen LogP contribution in [0.5, 0.6) is 0 Å². The first kappa shape index (κ1) is 21.0. The quantitative estimate of drug-likeness (QED) is 0.292. The van der Waals surface area contributed by atoms with Crippen LogP contribution in [-0.4, -0.2) is 20.7 Å². The largest absolute Gasteiger partial charge is 0.298 e. The topological polar surface area (TPSA) is 59.8 Å². The monoisotopic (exact) mass is 472 g/mol. The molecule has 6 rings (SSSR count). The number of rotatable bonds is 5. The van der Waals surface area contributed by atoms with Gasteiger partial charge in [0, 0.05) is 11.1 Å². The van der Waals surface area contributed by atoms with E-state index >= 15 is 0 Å². The third kappa shape index (κ3) is 4.00. The molecule has 2 heterocycles. The van der Waals surface area contributed by atoms with E-state index in [1.54, 1.807) is 0 Å². The molecular weight excluding hydrogens is 452 g/mol. The van der Waals surface area contributed by atoms with E-state index in [4.69, 9.17) is 5.10 Å². The van der Waals surface area contributed by atoms with E-state index in [-0.39, 0.29) is 5.91 Å². The van der Waals surface area contributed by atoms with Crippen molar-refractivity contribution in [2.45, 2.75) is 0 Å². The first-order chi connectivity index (χ1) is 17.3. The van der Waals surface area contributed by atoms with Crippen molar-refractivity contribution < 1.29 is 4.79 Å². The van der Waals surface area contributed by atoms with Gasteiger partial charge in [-0.25, -0.2) is 9.67 Å². The van der Waals surface area contributed by atoms with Gasteiger partial charge in [0.2, 0.25) is 0 Å². The van der Waals surface area contributed by atoms with E-state index in [9.17, 15) is 4.79 Å². The van der Waals surface area contributed by atoms with Crippen molar-refractivity contribution in [1.29, 1.82) is 0 Å². The molecule has 6 heteroatoms. The van der Waals surface area contributed by atoms with Gasteiger partial charge in [-0.1, -0.05) is 102 Å². The summed E-state index contributed by atoms with van der Waals surface area (Å²) in [6.45, 7) is 0. The van der Waals surface area contributed by atoms with Crippen LogP contribution in [0.25, 0.3) is 38.4 Å². The maximum absolute atomic E-state index is 13.9. The molecular formula is C29H20N4OS. The van der Waals surface area contributed by atoms with Gasteiger partial charge < -0.3 is 0 Å². The Morgan fingerprint density at radius 2 is 1.31 bits per heavy atom. The molecule has 0 saturated heterocycles. The predicted molar refractivity (Wildman–Crippen MR) is 142 cm³/mol. The Kier molecular flexibility index (Phi) is 5.41. The summed E-state index contributed by atoms with van der Waals surface area (Å²) in [6.07, 6.45) is 0. The van der Waals surface area contributed by atoms with Gasteiger partial charge in [0.05, 0.1) is 27.2 Å². The summed E-state index contributed by atoms with van der Waals surface area (Å²) in [5.74, 6) is -0.246. The highest BCUT2D eigenvalue weighted by Crippen LogP contribution is 2.35. The summed E-state index contributed by atoms with van der Waals surface area (Å²) in [4.78, 5) is 18.5. The summed E-state index contributed by atoms with van der Waals surface area (Å²) in [5, 5.41) is 8.58. The summed E-state index contributed by atoms with van der Waals surface area (Å²) in [7, 11) is 0. The van der Waals surface area contributed by atoms with Crippen LogP contribution >= 0.6 is 11.3 Å². The van der Waals surface area contributed by atoms with Gasteiger partial charge in [-0.05, 0) is 24.3 Å². The van der Waals surface area contributed by atoms with Crippen LogP contribution in [0.4, 0.5) is 5.13 Å². The molecule has 0 aliphatic heterocycles. The SMILES string of the molecule is O=C(Nc1nc2ccccc2s1)c1c(-c2ccccc2)nn(-c2ccccc2)c1-c1ccccc1. The zero-order valence-corrected chi connectivity index (χ0v) is 19.4. The molecule has 4 aromatic carbocycles. The third-order valence-corrected chi connectivity index (χ3v) is 6.67. The van der Waals surface area contributed by atoms with Gasteiger partial charge in [-0.2, -0.15) is 5.10 Å². The first-order valence-corrected chi connectivity index (χ1v) is 12.1. The molecule has 0 unspecified atom stereocenters. The lowest BCUT2D eigenvalue weighted by Gasteiger charge is -2.10. The van der Waals surface area contributed by atoms with Crippen LogP contribution in [0.1, 0.15) is 10.4 Å². The van der Waals surface area contributed by atoms with Crippen molar-refractivity contribution in [1.82, 2.24) is 14.8 Å². The number of para-hydroxylation sites is 2. The molecule has 6 aromatic rings. The van der Waals surface area contributed by atoms with Crippen LogP contribution in [-0.2, 0) is 0 Å². The minimum absolute atomic E-state index is 0.246. The van der Waals surface area contributed by atoms with Gasteiger partial charge in [0.1, 0.15) is 5.69 Å². The van der Waals surface area contributed by atoms with Gasteiger partial charge in [-0.15, -0.1) is 0 Å². The number of carbonyl (C=O) groups is 1. The molecule has 35 heavy (non-hydrogen) atoms. The number of benzene rings is 4. The van der Waals surface area contributed by atoms with E-state index < -0.39 is 0 Å². The molecule has 0 aliphatic rings. The van der Waals surface area contributed by atoms with Crippen LogP contribution in [0, 0.1) is 0 Å². The fraction of sp³-hybridized carbons (Fsp3) is 0. The molecule has 0 atom stereocenters. The molecule has 0 bridgehead atoms. The molecule has 168 valence electrons. The number of aromatic nitrogens is 3. The minimum atomic E-state index is -0.246. The normalized spacial score (nSPS) is 11.0. The predicted octanol–water partition coefficient (Wildman–Crippen LogP) is 7.07. The molecule has 0 saturated carbocycles. The zero-order valence-electron chi connectivity index (χ0n) is 18.6. The maximum Gasteiger partial charge on any atom is 0.261 e. The second kappa shape index (κ2) is 9.00. The average Bonchev–Trinajstić information content (AvgIpc) is 3.52. The van der Waals surface area contributed by atoms with E-state index in [1.165, 1.54) is 11.3 Å². The molecule has 0 fully saturated rings. The summed E-state index contributed by atoms with van der Waals surface area (Å²) < 4.78 is 2.87. The lowest BCUT2D eigenvalue weighted by atomic mass is 10.0. The smallest absolute Gasteiger partial charge is 0.261 e. The Labute approximate surface area is 206 Å². The Morgan fingerprint density at radius 1 is 0.714 bits per heavy atom. The van der Waals surface area contributed by atoms with E-state index in [1.807, 2.05) is 120 Å². The highest BCUT2D eigenvalue weighted by Gasteiger charge is 2.27. The van der Waals surface area contributed by atoms with E-state index in [0.717, 1.165) is 32.7 Å². The van der Waals surface area contributed by atoms with Crippen molar-refractivity contribution in [3.05, 3.63) is 121 Å². The number of thiazole rings is 1. The fourth-order valence-corrected chi connectivity index (χ4v) is 5.00. The number of nitrogens with zero attached hydrogens (tertiary/aromatic N) is 3. The number of anilines is 1. The highest BCUT2D eigenvalue weighted by atomic mass is 32.1. The molecule has 5 nitrogen and oxygen atoms in total. The van der Waals surface area contributed by atoms with Crippen molar-refractivity contribution in [2.24, 2.45) is 0 Å². The Hall–Kier alpha value is -4.55. The second-order valence-electron chi connectivity index (χ2n) is 7.99. The molecule has 1 amide bonds. The number of nitrogens with one attached hydrogen (secondary N) is 1. The molecule has 0 radical (unpaired) electrons. The number of amides is 1. The minimum Gasteiger partial charge on any atom is -0.298 e. The van der Waals surface area contributed by atoms with Crippen LogP contribution in [0.3, 0.4) is 0 Å². The van der Waals surface area contributed by atoms with Gasteiger partial charge >= 0.3 is 0 Å². The van der Waals surface area contributed by atoms with Crippen LogP contribution < -0.4 is 5.32 Å². The van der Waals surface area contributed by atoms with Gasteiger partial charge in [0.15, 0.2) is 5.13 Å². The van der Waals surface area contributed by atoms with Gasteiger partial charge in [0.25, 0.3) is 5.91 Å². The summed E-state index contributed by atoms with van der Waals surface area (Å²) in [5.41, 5.74) is 5.36. The number of carbonyl (C=O) groups excluding carboxylic acids is 1. The Bertz CT molecular complexity index is 1590. The fourth-order valence-electron chi connectivity index (χ4n) is 4.14. The van der Waals surface area contributed by atoms with Crippen molar-refractivity contribution in [2.75, 3.05) is 5.32 Å². The molecule has 2 aromatic heterocycles. The summed E-state index contributed by atoms with van der Waals surface area (Å²) in [6, 6.07) is 37.4. The summed E-state index contributed by atoms with van der Waals surface area (Å²) >= 11 is 1.46. The number of hydrogen-bond acceptors (Lipinski definition) is 4. The van der Waals surface area contributed by atoms with Gasteiger partial charge in [-0.3, -0.25) is 10.1 Å². The first-order valence-electron chi connectivity index (χ1n) is 11.2. The number of hydrogen-bond donors (Lipinski definition) is 1. The molecule has 0 spiro atoms. The highest BCUT2D eigenvalue weighted by molar-refractivity contribution is 7.22. The molecule has 0 aliphatic carbocycles. The second-order valence-corrected chi connectivity index (χ2v) is 9.02. The number of fused-ring (bicyclic) bond motifs is 1. The lowest BCUT2D eigenvalue weighted by Crippen LogP contribution is -2.14. The van der Waals surface area contributed by atoms with Crippen molar-refractivity contribution in [3.8, 4) is 28.2 Å². The van der Waals surface area contributed by atoms with E-state index in [0.29, 0.717) is 16.4 Å². The standard InChI is InChI=1S/C29H20N4OS/c34-28(31-29-30-23-18-10-11-19-24(23)35-29)25-26(20-12-4-1-5-13-20)32-33(22-16-8-3-9-17-22)27(25)21-14-6-2-7-15-21/h1-19H,(H,30,31,34).